The third kappa shape index (κ3) is 4.44. The number of carbonyl (C=O) groups is 1. The number of aromatic nitrogens is 2. The van der Waals surface area contributed by atoms with Gasteiger partial charge in [0.2, 0.25) is 5.95 Å². The SMILES string of the molecule is COc1cc2c(cc1Nc1ncc(Cl)c(N3CC(C)(CC(=O)O)c4cc(F)ccc43)n1)CN(C)CC2. The largest absolute Gasteiger partial charge is 0.495 e. The number of carboxylic acid groups (broad SMARTS) is 1. The van der Waals surface area contributed by atoms with E-state index >= 15 is 0 Å². The van der Waals surface area contributed by atoms with Crippen LogP contribution in [0.4, 0.5) is 27.5 Å². The molecular weight excluding hydrogens is 485 g/mol. The molecule has 0 amide bonds. The fourth-order valence-electron chi connectivity index (χ4n) is 5.14. The predicted molar refractivity (Wildman–Crippen MR) is 136 cm³/mol. The zero-order valence-corrected chi connectivity index (χ0v) is 21.1. The third-order valence-corrected chi connectivity index (χ3v) is 7.17. The van der Waals surface area contributed by atoms with Crippen LogP contribution in [0.2, 0.25) is 5.02 Å². The Kier molecular flexibility index (Phi) is 6.22. The van der Waals surface area contributed by atoms with Crippen LogP contribution < -0.4 is 15.0 Å². The van der Waals surface area contributed by atoms with Crippen LogP contribution in [0.15, 0.2) is 36.5 Å². The minimum atomic E-state index is -0.962. The molecular formula is C26H27ClFN5O3. The smallest absolute Gasteiger partial charge is 0.304 e. The molecule has 0 saturated heterocycles. The Labute approximate surface area is 213 Å². The summed E-state index contributed by atoms with van der Waals surface area (Å²) in [6.07, 6.45) is 2.30. The molecule has 0 saturated carbocycles. The van der Waals surface area contributed by atoms with E-state index in [4.69, 9.17) is 16.3 Å². The highest BCUT2D eigenvalue weighted by molar-refractivity contribution is 6.33. The van der Waals surface area contributed by atoms with Gasteiger partial charge in [-0.3, -0.25) is 4.79 Å². The van der Waals surface area contributed by atoms with Crippen molar-refractivity contribution < 1.29 is 19.0 Å². The minimum Gasteiger partial charge on any atom is -0.495 e. The van der Waals surface area contributed by atoms with Crippen LogP contribution in [0.1, 0.15) is 30.0 Å². The van der Waals surface area contributed by atoms with Gasteiger partial charge in [0.1, 0.15) is 16.6 Å². The molecule has 1 aromatic heterocycles. The second-order valence-electron chi connectivity index (χ2n) is 9.68. The number of carboxylic acids is 1. The minimum absolute atomic E-state index is 0.158. The number of hydrogen-bond acceptors (Lipinski definition) is 7. The Balaban J connectivity index is 1.51. The number of anilines is 4. The van der Waals surface area contributed by atoms with Crippen molar-refractivity contribution in [1.82, 2.24) is 14.9 Å². The summed E-state index contributed by atoms with van der Waals surface area (Å²) in [5.74, 6) is 0.0268. The lowest BCUT2D eigenvalue weighted by Crippen LogP contribution is -2.31. The van der Waals surface area contributed by atoms with Gasteiger partial charge in [0, 0.05) is 30.7 Å². The van der Waals surface area contributed by atoms with Crippen LogP contribution in [0.25, 0.3) is 0 Å². The number of nitrogens with zero attached hydrogens (tertiary/aromatic N) is 4. The Morgan fingerprint density at radius 1 is 1.31 bits per heavy atom. The maximum Gasteiger partial charge on any atom is 0.304 e. The van der Waals surface area contributed by atoms with E-state index in [9.17, 15) is 14.3 Å². The normalized spacial score (nSPS) is 19.1. The summed E-state index contributed by atoms with van der Waals surface area (Å²) in [5, 5.41) is 13.1. The number of fused-ring (bicyclic) bond motifs is 2. The summed E-state index contributed by atoms with van der Waals surface area (Å²) in [5.41, 5.74) is 3.65. The third-order valence-electron chi connectivity index (χ3n) is 6.90. The first kappa shape index (κ1) is 24.3. The maximum absolute atomic E-state index is 14.1. The molecule has 2 N–H and O–H groups in total. The van der Waals surface area contributed by atoms with E-state index in [0.717, 1.165) is 25.2 Å². The number of rotatable bonds is 6. The zero-order chi connectivity index (χ0) is 25.6. The van der Waals surface area contributed by atoms with E-state index in [2.05, 4.69) is 33.3 Å². The van der Waals surface area contributed by atoms with Crippen molar-refractivity contribution in [3.05, 3.63) is 64.1 Å². The van der Waals surface area contributed by atoms with Gasteiger partial charge in [-0.05, 0) is 60.5 Å². The molecule has 0 bridgehead atoms. The van der Waals surface area contributed by atoms with Crippen molar-refractivity contribution in [3.8, 4) is 5.75 Å². The van der Waals surface area contributed by atoms with Crippen LogP contribution in [0.5, 0.6) is 5.75 Å². The van der Waals surface area contributed by atoms with Gasteiger partial charge in [0.15, 0.2) is 5.82 Å². The second-order valence-corrected chi connectivity index (χ2v) is 10.1. The molecule has 3 aromatic rings. The van der Waals surface area contributed by atoms with Crippen LogP contribution in [0, 0.1) is 5.82 Å². The molecule has 2 aromatic carbocycles. The van der Waals surface area contributed by atoms with Gasteiger partial charge in [-0.15, -0.1) is 0 Å². The van der Waals surface area contributed by atoms with Gasteiger partial charge in [-0.25, -0.2) is 9.37 Å². The highest BCUT2D eigenvalue weighted by atomic mass is 35.5. The molecule has 10 heteroatoms. The monoisotopic (exact) mass is 511 g/mol. The summed E-state index contributed by atoms with van der Waals surface area (Å²) in [7, 11) is 3.71. The summed E-state index contributed by atoms with van der Waals surface area (Å²) >= 11 is 6.53. The highest BCUT2D eigenvalue weighted by Gasteiger charge is 2.42. The molecule has 2 aliphatic heterocycles. The number of benzene rings is 2. The van der Waals surface area contributed by atoms with Crippen molar-refractivity contribution in [2.75, 3.05) is 37.5 Å². The summed E-state index contributed by atoms with van der Waals surface area (Å²) in [4.78, 5) is 24.7. The Morgan fingerprint density at radius 3 is 2.86 bits per heavy atom. The van der Waals surface area contributed by atoms with E-state index in [1.54, 1.807) is 13.2 Å². The molecule has 0 spiro atoms. The number of likely N-dealkylation sites (N-methyl/N-ethyl adjacent to an activating group) is 1. The van der Waals surface area contributed by atoms with Crippen LogP contribution in [0.3, 0.4) is 0 Å². The molecule has 5 rings (SSSR count). The lowest BCUT2D eigenvalue weighted by Gasteiger charge is -2.26. The molecule has 0 aliphatic carbocycles. The first-order chi connectivity index (χ1) is 17.2. The van der Waals surface area contributed by atoms with Gasteiger partial charge in [-0.1, -0.05) is 18.5 Å². The molecule has 0 fully saturated rings. The van der Waals surface area contributed by atoms with Crippen molar-refractivity contribution in [1.29, 1.82) is 0 Å². The number of hydrogen-bond donors (Lipinski definition) is 2. The first-order valence-corrected chi connectivity index (χ1v) is 12.0. The predicted octanol–water partition coefficient (Wildman–Crippen LogP) is 4.89. The summed E-state index contributed by atoms with van der Waals surface area (Å²) < 4.78 is 19.8. The quantitative estimate of drug-likeness (QED) is 0.483. The van der Waals surface area contributed by atoms with Crippen molar-refractivity contribution >= 4 is 40.7 Å². The standard InChI is InChI=1S/C26H27ClFN5O3/c1-26(11-23(34)35)14-33(21-5-4-17(28)10-18(21)26)24-19(27)12-29-25(31-24)30-20-8-16-13-32(2)7-6-15(16)9-22(20)36-3/h4-5,8-10,12H,6-7,11,13-14H2,1-3H3,(H,34,35)(H,29,30,31). The maximum atomic E-state index is 14.1. The summed E-state index contributed by atoms with van der Waals surface area (Å²) in [6.45, 7) is 3.92. The molecule has 0 radical (unpaired) electrons. The van der Waals surface area contributed by atoms with Crippen molar-refractivity contribution in [2.24, 2.45) is 0 Å². The Bertz CT molecular complexity index is 1350. The fraction of sp³-hybridized carbons (Fsp3) is 0.346. The molecule has 1 atom stereocenters. The van der Waals surface area contributed by atoms with Crippen molar-refractivity contribution in [2.45, 2.75) is 31.7 Å². The van der Waals surface area contributed by atoms with Crippen molar-refractivity contribution in [3.63, 3.8) is 0 Å². The summed E-state index contributed by atoms with van der Waals surface area (Å²) in [6, 6.07) is 8.47. The van der Waals surface area contributed by atoms with E-state index in [-0.39, 0.29) is 13.0 Å². The highest BCUT2D eigenvalue weighted by Crippen LogP contribution is 2.47. The first-order valence-electron chi connectivity index (χ1n) is 11.6. The average Bonchev–Trinajstić information content (AvgIpc) is 3.10. The molecule has 1 unspecified atom stereocenters. The van der Waals surface area contributed by atoms with Gasteiger partial charge in [-0.2, -0.15) is 4.98 Å². The number of nitrogens with one attached hydrogen (secondary N) is 1. The lowest BCUT2D eigenvalue weighted by atomic mass is 9.81. The van der Waals surface area contributed by atoms with E-state index in [1.165, 1.54) is 29.5 Å². The van der Waals surface area contributed by atoms with E-state index < -0.39 is 17.2 Å². The zero-order valence-electron chi connectivity index (χ0n) is 20.3. The van der Waals surface area contributed by atoms with Gasteiger partial charge in [0.05, 0.1) is 25.4 Å². The van der Waals surface area contributed by atoms with Gasteiger partial charge in [0.25, 0.3) is 0 Å². The van der Waals surface area contributed by atoms with Crippen LogP contribution >= 0.6 is 11.6 Å². The van der Waals surface area contributed by atoms with E-state index in [1.807, 2.05) is 17.9 Å². The molecule has 36 heavy (non-hydrogen) atoms. The number of methoxy groups -OCH3 is 1. The topological polar surface area (TPSA) is 90.8 Å². The number of ether oxygens (including phenoxy) is 1. The Morgan fingerprint density at radius 2 is 2.11 bits per heavy atom. The van der Waals surface area contributed by atoms with Gasteiger partial charge < -0.3 is 25.0 Å². The molecule has 2 aliphatic rings. The Hall–Kier alpha value is -3.43. The van der Waals surface area contributed by atoms with Crippen LogP contribution in [-0.2, 0) is 23.2 Å². The molecule has 8 nitrogen and oxygen atoms in total. The lowest BCUT2D eigenvalue weighted by molar-refractivity contribution is -0.138. The van der Waals surface area contributed by atoms with Crippen LogP contribution in [-0.4, -0.2) is 53.2 Å². The molecule has 3 heterocycles. The number of halogens is 2. The fourth-order valence-corrected chi connectivity index (χ4v) is 5.34. The average molecular weight is 512 g/mol. The molecule has 188 valence electrons. The van der Waals surface area contributed by atoms with E-state index in [0.29, 0.717) is 33.8 Å². The number of aliphatic carboxylic acids is 1. The second kappa shape index (κ2) is 9.22. The van der Waals surface area contributed by atoms with Gasteiger partial charge >= 0.3 is 5.97 Å².